The van der Waals surface area contributed by atoms with Gasteiger partial charge in [-0.25, -0.2) is 18.2 Å². The molecule has 6 N–H and O–H groups in total. The van der Waals surface area contributed by atoms with Crippen molar-refractivity contribution >= 4 is 27.7 Å². The van der Waals surface area contributed by atoms with E-state index in [1.54, 1.807) is 0 Å². The first-order valence-corrected chi connectivity index (χ1v) is 18.0. The SMILES string of the molecule is O=C(O)C1CCC(CONC2CCC(S(=O)(=O)C3CCC(NC(=O)C4CCC(COO)CC4C(=O)O)CC3)CC2)C(COO)C1. The van der Waals surface area contributed by atoms with Crippen LogP contribution in [0.3, 0.4) is 0 Å². The minimum absolute atomic E-state index is 0.0196. The van der Waals surface area contributed by atoms with Crippen LogP contribution in [0.4, 0.5) is 0 Å². The summed E-state index contributed by atoms with van der Waals surface area (Å²) in [5, 5.41) is 38.8. The predicted molar refractivity (Wildman–Crippen MR) is 159 cm³/mol. The van der Waals surface area contributed by atoms with Crippen LogP contribution >= 0.6 is 0 Å². The topological polar surface area (TPSA) is 218 Å². The molecule has 14 nitrogen and oxygen atoms in total. The van der Waals surface area contributed by atoms with Gasteiger partial charge in [-0.15, -0.1) is 0 Å². The van der Waals surface area contributed by atoms with Gasteiger partial charge in [0.1, 0.15) is 0 Å². The average Bonchev–Trinajstić information content (AvgIpc) is 3.02. The van der Waals surface area contributed by atoms with Crippen LogP contribution in [0.15, 0.2) is 0 Å². The Morgan fingerprint density at radius 3 is 1.84 bits per heavy atom. The minimum atomic E-state index is -3.35. The van der Waals surface area contributed by atoms with E-state index in [0.29, 0.717) is 90.1 Å². The summed E-state index contributed by atoms with van der Waals surface area (Å²) in [6.07, 6.45) is 7.25. The van der Waals surface area contributed by atoms with E-state index in [1.807, 2.05) is 0 Å². The summed E-state index contributed by atoms with van der Waals surface area (Å²) in [4.78, 5) is 50.5. The minimum Gasteiger partial charge on any atom is -0.481 e. The van der Waals surface area contributed by atoms with Crippen LogP contribution < -0.4 is 10.8 Å². The molecule has 0 aromatic heterocycles. The Morgan fingerprint density at radius 1 is 0.644 bits per heavy atom. The second kappa shape index (κ2) is 16.8. The monoisotopic (exact) mass is 662 g/mol. The van der Waals surface area contributed by atoms with Gasteiger partial charge in [-0.3, -0.25) is 24.9 Å². The molecule has 0 spiro atoms. The van der Waals surface area contributed by atoms with Crippen LogP contribution in [-0.4, -0.2) is 89.4 Å². The number of carbonyl (C=O) groups is 3. The van der Waals surface area contributed by atoms with Crippen LogP contribution in [0.5, 0.6) is 0 Å². The molecule has 0 aliphatic heterocycles. The molecule has 15 heteroatoms. The molecular formula is C30H50N2O12S. The van der Waals surface area contributed by atoms with E-state index in [4.69, 9.17) is 15.4 Å². The summed E-state index contributed by atoms with van der Waals surface area (Å²) < 4.78 is 27.0. The largest absolute Gasteiger partial charge is 0.481 e. The number of carbonyl (C=O) groups excluding carboxylic acids is 1. The summed E-state index contributed by atoms with van der Waals surface area (Å²) >= 11 is 0. The van der Waals surface area contributed by atoms with Crippen molar-refractivity contribution in [2.75, 3.05) is 19.8 Å². The maximum atomic E-state index is 13.5. The number of amides is 1. The standard InChI is InChI=1S/C30H50N2O12S/c33-28(26-12-1-18(15-43-38)13-27(26)30(36)37)31-22-4-8-24(9-5-22)45(40,41)25-10-6-23(7-11-25)32-42-16-20-3-2-19(29(34)35)14-21(20)17-44-39/h18-27,32,38-39H,1-17H2,(H,31,33)(H,34,35)(H,36,37). The zero-order valence-electron chi connectivity index (χ0n) is 25.8. The third-order valence-electron chi connectivity index (χ3n) is 10.9. The zero-order valence-corrected chi connectivity index (χ0v) is 26.6. The van der Waals surface area contributed by atoms with E-state index in [1.165, 1.54) is 0 Å². The lowest BCUT2D eigenvalue weighted by Crippen LogP contribution is -2.48. The maximum Gasteiger partial charge on any atom is 0.307 e. The molecule has 4 saturated carbocycles. The number of nitrogens with one attached hydrogen (secondary N) is 2. The van der Waals surface area contributed by atoms with E-state index < -0.39 is 50.0 Å². The van der Waals surface area contributed by atoms with Crippen molar-refractivity contribution in [3.05, 3.63) is 0 Å². The molecule has 1 amide bonds. The molecule has 0 bridgehead atoms. The van der Waals surface area contributed by atoms with Gasteiger partial charge < -0.3 is 20.4 Å². The Hall–Kier alpha value is -1.88. The quantitative estimate of drug-likeness (QED) is 0.117. The lowest BCUT2D eigenvalue weighted by atomic mass is 9.73. The van der Waals surface area contributed by atoms with Gasteiger partial charge in [0.25, 0.3) is 0 Å². The highest BCUT2D eigenvalue weighted by Crippen LogP contribution is 2.37. The van der Waals surface area contributed by atoms with Gasteiger partial charge in [-0.2, -0.15) is 5.48 Å². The summed E-state index contributed by atoms with van der Waals surface area (Å²) in [7, 11) is -3.35. The summed E-state index contributed by atoms with van der Waals surface area (Å²) in [5.74, 6) is -4.30. The van der Waals surface area contributed by atoms with Gasteiger partial charge in [0.2, 0.25) is 5.91 Å². The average molecular weight is 663 g/mol. The van der Waals surface area contributed by atoms with Gasteiger partial charge in [-0.05, 0) is 108 Å². The fourth-order valence-electron chi connectivity index (χ4n) is 8.07. The molecule has 6 atom stereocenters. The lowest BCUT2D eigenvalue weighted by Gasteiger charge is -2.36. The number of sulfone groups is 1. The van der Waals surface area contributed by atoms with Crippen LogP contribution in [0.1, 0.15) is 89.9 Å². The van der Waals surface area contributed by atoms with E-state index >= 15 is 0 Å². The van der Waals surface area contributed by atoms with Gasteiger partial charge in [-0.1, -0.05) is 0 Å². The number of hydrogen-bond donors (Lipinski definition) is 6. The first-order valence-electron chi connectivity index (χ1n) is 16.4. The molecule has 0 saturated heterocycles. The lowest BCUT2D eigenvalue weighted by molar-refractivity contribution is -0.257. The molecule has 258 valence electrons. The van der Waals surface area contributed by atoms with Crippen molar-refractivity contribution < 1.29 is 58.1 Å². The Bertz CT molecular complexity index is 1090. The highest BCUT2D eigenvalue weighted by Gasteiger charge is 2.42. The molecule has 6 unspecified atom stereocenters. The van der Waals surface area contributed by atoms with Crippen molar-refractivity contribution in [3.8, 4) is 0 Å². The van der Waals surface area contributed by atoms with Gasteiger partial charge >= 0.3 is 11.9 Å². The van der Waals surface area contributed by atoms with Gasteiger partial charge in [0.15, 0.2) is 9.84 Å². The van der Waals surface area contributed by atoms with E-state index in [0.717, 1.165) is 0 Å². The second-order valence-electron chi connectivity index (χ2n) is 13.7. The molecule has 0 heterocycles. The number of rotatable bonds is 14. The Morgan fingerprint density at radius 2 is 1.27 bits per heavy atom. The third kappa shape index (κ3) is 9.58. The molecule has 0 radical (unpaired) electrons. The van der Waals surface area contributed by atoms with E-state index in [2.05, 4.69) is 20.6 Å². The van der Waals surface area contributed by atoms with Crippen LogP contribution in [0.2, 0.25) is 0 Å². The predicted octanol–water partition coefficient (Wildman–Crippen LogP) is 2.87. The molecule has 4 rings (SSSR count). The Labute approximate surface area is 264 Å². The van der Waals surface area contributed by atoms with Crippen molar-refractivity contribution in [2.45, 2.75) is 112 Å². The zero-order chi connectivity index (χ0) is 32.6. The summed E-state index contributed by atoms with van der Waals surface area (Å²) in [6, 6.07) is -0.164. The normalized spacial score (nSPS) is 36.2. The first kappa shape index (κ1) is 36.0. The second-order valence-corrected chi connectivity index (χ2v) is 16.2. The Balaban J connectivity index is 1.17. The summed E-state index contributed by atoms with van der Waals surface area (Å²) in [6.45, 7) is 0.461. The van der Waals surface area contributed by atoms with Gasteiger partial charge in [0, 0.05) is 12.1 Å². The van der Waals surface area contributed by atoms with Crippen LogP contribution in [-0.2, 0) is 38.8 Å². The fraction of sp³-hybridized carbons (Fsp3) is 0.900. The molecule has 0 aromatic rings. The first-order chi connectivity index (χ1) is 21.5. The summed E-state index contributed by atoms with van der Waals surface area (Å²) in [5.41, 5.74) is 3.08. The number of aliphatic carboxylic acids is 2. The third-order valence-corrected chi connectivity index (χ3v) is 13.7. The van der Waals surface area contributed by atoms with Crippen LogP contribution in [0, 0.1) is 35.5 Å². The van der Waals surface area contributed by atoms with E-state index in [9.17, 15) is 33.0 Å². The highest BCUT2D eigenvalue weighted by atomic mass is 32.2. The Kier molecular flexibility index (Phi) is 13.4. The molecule has 0 aromatic carbocycles. The fourth-order valence-corrected chi connectivity index (χ4v) is 10.5. The highest BCUT2D eigenvalue weighted by molar-refractivity contribution is 7.92. The van der Waals surface area contributed by atoms with Gasteiger partial charge in [0.05, 0.1) is 48.1 Å². The smallest absolute Gasteiger partial charge is 0.307 e. The van der Waals surface area contributed by atoms with E-state index in [-0.39, 0.29) is 55.4 Å². The number of carboxylic acids is 2. The van der Waals surface area contributed by atoms with Crippen molar-refractivity contribution in [1.82, 2.24) is 10.8 Å². The van der Waals surface area contributed by atoms with Crippen molar-refractivity contribution in [1.29, 1.82) is 0 Å². The number of hydrogen-bond acceptors (Lipinski definition) is 11. The molecular weight excluding hydrogens is 612 g/mol. The van der Waals surface area contributed by atoms with Crippen molar-refractivity contribution in [2.24, 2.45) is 35.5 Å². The molecule has 45 heavy (non-hydrogen) atoms. The molecule has 4 fully saturated rings. The maximum absolute atomic E-state index is 13.5. The number of hydroxylamine groups is 1. The van der Waals surface area contributed by atoms with Crippen molar-refractivity contribution in [3.63, 3.8) is 0 Å². The van der Waals surface area contributed by atoms with Crippen LogP contribution in [0.25, 0.3) is 0 Å². The molecule has 4 aliphatic rings. The molecule has 4 aliphatic carbocycles. The number of carboxylic acid groups (broad SMARTS) is 2.